The summed E-state index contributed by atoms with van der Waals surface area (Å²) in [5.74, 6) is -0.572. The van der Waals surface area contributed by atoms with Gasteiger partial charge in [0.2, 0.25) is 11.8 Å². The average Bonchev–Trinajstić information content (AvgIpc) is 2.89. The van der Waals surface area contributed by atoms with E-state index in [-0.39, 0.29) is 23.0 Å². The number of sulfonamides is 1. The van der Waals surface area contributed by atoms with E-state index < -0.39 is 28.5 Å². The summed E-state index contributed by atoms with van der Waals surface area (Å²) in [6, 6.07) is 18.4. The molecule has 0 heterocycles. The number of ether oxygens (including phenoxy) is 1. The molecule has 9 heteroatoms. The van der Waals surface area contributed by atoms with Gasteiger partial charge in [0.25, 0.3) is 10.0 Å². The summed E-state index contributed by atoms with van der Waals surface area (Å²) >= 11 is 0. The Kier molecular flexibility index (Phi) is 9.17. The normalized spacial score (nSPS) is 11.9. The van der Waals surface area contributed by atoms with Gasteiger partial charge >= 0.3 is 0 Å². The predicted octanol–water partition coefficient (Wildman–Crippen LogP) is 3.98. The first-order valence-corrected chi connectivity index (χ1v) is 13.7. The van der Waals surface area contributed by atoms with Gasteiger partial charge in [-0.1, -0.05) is 53.6 Å². The van der Waals surface area contributed by atoms with Crippen LogP contribution in [0.25, 0.3) is 0 Å². The molecule has 0 spiro atoms. The van der Waals surface area contributed by atoms with Crippen LogP contribution in [0.5, 0.6) is 5.75 Å². The number of carbonyl (C=O) groups excluding carboxylic acids is 2. The van der Waals surface area contributed by atoms with Crippen LogP contribution < -0.4 is 14.4 Å². The van der Waals surface area contributed by atoms with Crippen LogP contribution in [0, 0.1) is 20.8 Å². The maximum atomic E-state index is 14.0. The number of benzene rings is 3. The zero-order chi connectivity index (χ0) is 28.0. The molecule has 1 N–H and O–H groups in total. The van der Waals surface area contributed by atoms with Crippen molar-refractivity contribution in [1.29, 1.82) is 0 Å². The molecule has 0 aromatic heterocycles. The van der Waals surface area contributed by atoms with Crippen molar-refractivity contribution in [3.05, 3.63) is 89.0 Å². The smallest absolute Gasteiger partial charge is 0.264 e. The third-order valence-corrected chi connectivity index (χ3v) is 8.11. The highest BCUT2D eigenvalue weighted by molar-refractivity contribution is 7.92. The molecule has 0 aliphatic carbocycles. The van der Waals surface area contributed by atoms with Crippen LogP contribution in [0.2, 0.25) is 0 Å². The molecule has 3 aromatic rings. The molecule has 0 fully saturated rings. The van der Waals surface area contributed by atoms with Crippen LogP contribution in [-0.4, -0.2) is 51.9 Å². The molecule has 2 amide bonds. The van der Waals surface area contributed by atoms with E-state index in [1.165, 1.54) is 31.2 Å². The average molecular weight is 538 g/mol. The number of amides is 2. The van der Waals surface area contributed by atoms with Crippen molar-refractivity contribution in [1.82, 2.24) is 10.2 Å². The maximum Gasteiger partial charge on any atom is 0.264 e. The van der Waals surface area contributed by atoms with Crippen LogP contribution in [-0.2, 0) is 26.2 Å². The lowest BCUT2D eigenvalue weighted by atomic mass is 10.1. The SMILES string of the molecule is CNC(=O)[C@@H](C)N(Cc1cccc(C)c1)C(=O)CN(c1cc(C)ccc1OC)S(=O)(=O)c1ccc(C)cc1. The Labute approximate surface area is 225 Å². The molecule has 8 nitrogen and oxygen atoms in total. The Balaban J connectivity index is 2.11. The first-order chi connectivity index (χ1) is 18.0. The molecule has 3 aromatic carbocycles. The van der Waals surface area contributed by atoms with Crippen molar-refractivity contribution in [3.63, 3.8) is 0 Å². The molecule has 38 heavy (non-hydrogen) atoms. The van der Waals surface area contributed by atoms with Crippen molar-refractivity contribution in [2.24, 2.45) is 0 Å². The summed E-state index contributed by atoms with van der Waals surface area (Å²) in [5.41, 5.74) is 3.78. The minimum atomic E-state index is -4.17. The van der Waals surface area contributed by atoms with Crippen molar-refractivity contribution < 1.29 is 22.7 Å². The first-order valence-electron chi connectivity index (χ1n) is 12.3. The Morgan fingerprint density at radius 1 is 0.921 bits per heavy atom. The van der Waals surface area contributed by atoms with Gasteiger partial charge in [-0.2, -0.15) is 0 Å². The molecule has 202 valence electrons. The lowest BCUT2D eigenvalue weighted by Gasteiger charge is -2.32. The second kappa shape index (κ2) is 12.1. The fraction of sp³-hybridized carbons (Fsp3) is 0.310. The lowest BCUT2D eigenvalue weighted by Crippen LogP contribution is -2.50. The first kappa shape index (κ1) is 28.7. The quantitative estimate of drug-likeness (QED) is 0.422. The summed E-state index contributed by atoms with van der Waals surface area (Å²) in [6.45, 7) is 6.88. The van der Waals surface area contributed by atoms with Crippen LogP contribution in [0.4, 0.5) is 5.69 Å². The van der Waals surface area contributed by atoms with Gasteiger partial charge in [0, 0.05) is 13.6 Å². The molecule has 1 atom stereocenters. The van der Waals surface area contributed by atoms with E-state index in [2.05, 4.69) is 5.32 Å². The van der Waals surface area contributed by atoms with Crippen LogP contribution >= 0.6 is 0 Å². The van der Waals surface area contributed by atoms with E-state index in [0.29, 0.717) is 5.75 Å². The highest BCUT2D eigenvalue weighted by Crippen LogP contribution is 2.33. The molecule has 0 saturated heterocycles. The Hall–Kier alpha value is -3.85. The number of aryl methyl sites for hydroxylation is 3. The van der Waals surface area contributed by atoms with E-state index in [0.717, 1.165) is 26.6 Å². The summed E-state index contributed by atoms with van der Waals surface area (Å²) in [7, 11) is -1.23. The van der Waals surface area contributed by atoms with Crippen molar-refractivity contribution in [3.8, 4) is 5.75 Å². The highest BCUT2D eigenvalue weighted by atomic mass is 32.2. The fourth-order valence-electron chi connectivity index (χ4n) is 4.14. The lowest BCUT2D eigenvalue weighted by molar-refractivity contribution is -0.139. The molecule has 0 unspecified atom stereocenters. The number of likely N-dealkylation sites (N-methyl/N-ethyl adjacent to an activating group) is 1. The molecule has 3 rings (SSSR count). The number of rotatable bonds is 10. The number of hydrogen-bond acceptors (Lipinski definition) is 5. The van der Waals surface area contributed by atoms with Gasteiger partial charge in [0.05, 0.1) is 17.7 Å². The summed E-state index contributed by atoms with van der Waals surface area (Å²) in [6.07, 6.45) is 0. The number of nitrogens with one attached hydrogen (secondary N) is 1. The molecule has 0 aliphatic rings. The molecule has 0 aliphatic heterocycles. The van der Waals surface area contributed by atoms with E-state index in [9.17, 15) is 18.0 Å². The van der Waals surface area contributed by atoms with Gasteiger partial charge in [-0.05, 0) is 63.1 Å². The summed E-state index contributed by atoms with van der Waals surface area (Å²) < 4.78 is 34.5. The Bertz CT molecular complexity index is 1400. The van der Waals surface area contributed by atoms with Crippen LogP contribution in [0.3, 0.4) is 0 Å². The van der Waals surface area contributed by atoms with Gasteiger partial charge in [-0.3, -0.25) is 13.9 Å². The second-order valence-corrected chi connectivity index (χ2v) is 11.2. The molecule has 0 saturated carbocycles. The summed E-state index contributed by atoms with van der Waals surface area (Å²) in [5, 5.41) is 2.58. The van der Waals surface area contributed by atoms with Gasteiger partial charge in [0.1, 0.15) is 18.3 Å². The minimum Gasteiger partial charge on any atom is -0.495 e. The Morgan fingerprint density at radius 3 is 2.16 bits per heavy atom. The van der Waals surface area contributed by atoms with Crippen molar-refractivity contribution >= 4 is 27.5 Å². The van der Waals surface area contributed by atoms with Gasteiger partial charge in [0.15, 0.2) is 0 Å². The monoisotopic (exact) mass is 537 g/mol. The van der Waals surface area contributed by atoms with E-state index >= 15 is 0 Å². The zero-order valence-electron chi connectivity index (χ0n) is 22.7. The molecule has 0 radical (unpaired) electrons. The molecular weight excluding hydrogens is 502 g/mol. The third-order valence-electron chi connectivity index (χ3n) is 6.34. The number of hydrogen-bond donors (Lipinski definition) is 1. The standard InChI is InChI=1S/C29H35N3O5S/c1-20-10-13-25(14-11-20)38(35,36)32(26-17-22(3)12-15-27(26)37-6)19-28(33)31(23(4)29(34)30-5)18-24-9-7-8-21(2)16-24/h7-17,23H,18-19H2,1-6H3,(H,30,34)/t23-/m1/s1. The third kappa shape index (κ3) is 6.52. The van der Waals surface area contributed by atoms with E-state index in [1.807, 2.05) is 45.0 Å². The number of nitrogens with zero attached hydrogens (tertiary/aromatic N) is 2. The number of carbonyl (C=O) groups is 2. The van der Waals surface area contributed by atoms with Gasteiger partial charge < -0.3 is 15.0 Å². The van der Waals surface area contributed by atoms with Crippen LogP contribution in [0.15, 0.2) is 71.6 Å². The van der Waals surface area contributed by atoms with Crippen LogP contribution in [0.1, 0.15) is 29.2 Å². The number of methoxy groups -OCH3 is 1. The molecule has 0 bridgehead atoms. The van der Waals surface area contributed by atoms with E-state index in [1.54, 1.807) is 37.3 Å². The second-order valence-electron chi connectivity index (χ2n) is 9.30. The number of anilines is 1. The minimum absolute atomic E-state index is 0.0454. The van der Waals surface area contributed by atoms with Crippen molar-refractivity contribution in [2.75, 3.05) is 25.0 Å². The maximum absolute atomic E-state index is 14.0. The Morgan fingerprint density at radius 2 is 1.55 bits per heavy atom. The largest absolute Gasteiger partial charge is 0.495 e. The topological polar surface area (TPSA) is 96.0 Å². The predicted molar refractivity (Wildman–Crippen MR) is 149 cm³/mol. The molecular formula is C29H35N3O5S. The zero-order valence-corrected chi connectivity index (χ0v) is 23.5. The fourth-order valence-corrected chi connectivity index (χ4v) is 5.56. The highest BCUT2D eigenvalue weighted by Gasteiger charge is 2.33. The van der Waals surface area contributed by atoms with Gasteiger partial charge in [-0.25, -0.2) is 8.42 Å². The van der Waals surface area contributed by atoms with Crippen molar-refractivity contribution in [2.45, 2.75) is 45.2 Å². The van der Waals surface area contributed by atoms with Gasteiger partial charge in [-0.15, -0.1) is 0 Å². The summed E-state index contributed by atoms with van der Waals surface area (Å²) in [4.78, 5) is 27.9. The van der Waals surface area contributed by atoms with E-state index in [4.69, 9.17) is 4.74 Å².